The number of aryl methyl sites for hydroxylation is 3. The van der Waals surface area contributed by atoms with Crippen LogP contribution in [-0.2, 0) is 6.42 Å². The van der Waals surface area contributed by atoms with E-state index in [1.807, 2.05) is 0 Å². The van der Waals surface area contributed by atoms with Crippen LogP contribution in [0.1, 0.15) is 61.3 Å². The molecule has 1 N–H and O–H groups in total. The van der Waals surface area contributed by atoms with Gasteiger partial charge in [-0.05, 0) is 56.2 Å². The van der Waals surface area contributed by atoms with Crippen molar-refractivity contribution in [1.29, 1.82) is 0 Å². The molecule has 106 valence electrons. The van der Waals surface area contributed by atoms with E-state index in [-0.39, 0.29) is 0 Å². The molecular weight excluding hydrogens is 232 g/mol. The second-order valence-electron chi connectivity index (χ2n) is 6.51. The molecule has 0 heterocycles. The zero-order valence-corrected chi connectivity index (χ0v) is 12.9. The Morgan fingerprint density at radius 1 is 1.16 bits per heavy atom. The van der Waals surface area contributed by atoms with Crippen LogP contribution in [-0.4, -0.2) is 10.7 Å². The summed E-state index contributed by atoms with van der Waals surface area (Å²) in [7, 11) is 0. The largest absolute Gasteiger partial charge is 0.389 e. The lowest BCUT2D eigenvalue weighted by Gasteiger charge is -2.40. The van der Waals surface area contributed by atoms with E-state index in [4.69, 9.17) is 0 Å². The first kappa shape index (κ1) is 14.6. The van der Waals surface area contributed by atoms with Gasteiger partial charge in [0.1, 0.15) is 0 Å². The lowest BCUT2D eigenvalue weighted by atomic mass is 9.70. The average Bonchev–Trinajstić information content (AvgIpc) is 2.34. The maximum Gasteiger partial charge on any atom is 0.0716 e. The van der Waals surface area contributed by atoms with Crippen molar-refractivity contribution in [2.24, 2.45) is 5.92 Å². The number of hydrogen-bond acceptors (Lipinski definition) is 1. The van der Waals surface area contributed by atoms with Gasteiger partial charge >= 0.3 is 0 Å². The van der Waals surface area contributed by atoms with Crippen molar-refractivity contribution in [3.8, 4) is 0 Å². The molecule has 0 aliphatic heterocycles. The lowest BCUT2D eigenvalue weighted by molar-refractivity contribution is -0.0493. The van der Waals surface area contributed by atoms with Gasteiger partial charge in [0, 0.05) is 6.42 Å². The highest BCUT2D eigenvalue weighted by molar-refractivity contribution is 5.38. The Kier molecular flexibility index (Phi) is 4.35. The van der Waals surface area contributed by atoms with Gasteiger partial charge in [0.25, 0.3) is 0 Å². The van der Waals surface area contributed by atoms with Crippen molar-refractivity contribution in [3.05, 3.63) is 34.4 Å². The van der Waals surface area contributed by atoms with Gasteiger partial charge in [-0.25, -0.2) is 0 Å². The highest BCUT2D eigenvalue weighted by atomic mass is 16.3. The first-order chi connectivity index (χ1) is 8.96. The first-order valence-corrected chi connectivity index (χ1v) is 7.75. The topological polar surface area (TPSA) is 20.2 Å². The number of rotatable bonds is 3. The molecule has 0 aromatic heterocycles. The van der Waals surface area contributed by atoms with Crippen molar-refractivity contribution in [1.82, 2.24) is 0 Å². The normalized spacial score (nSPS) is 27.5. The number of aliphatic hydroxyl groups is 1. The fraction of sp³-hybridized carbons (Fsp3) is 0.667. The fourth-order valence-corrected chi connectivity index (χ4v) is 3.91. The molecule has 19 heavy (non-hydrogen) atoms. The molecule has 1 aromatic rings. The van der Waals surface area contributed by atoms with Gasteiger partial charge < -0.3 is 5.11 Å². The highest BCUT2D eigenvalue weighted by Gasteiger charge is 2.38. The molecule has 1 heteroatoms. The van der Waals surface area contributed by atoms with Crippen molar-refractivity contribution >= 4 is 0 Å². The average molecular weight is 260 g/mol. The van der Waals surface area contributed by atoms with Crippen molar-refractivity contribution in [2.75, 3.05) is 0 Å². The van der Waals surface area contributed by atoms with Gasteiger partial charge in [-0.3, -0.25) is 0 Å². The molecule has 0 spiro atoms. The van der Waals surface area contributed by atoms with E-state index in [1.165, 1.54) is 41.5 Å². The maximum absolute atomic E-state index is 11.1. The van der Waals surface area contributed by atoms with Gasteiger partial charge in [-0.2, -0.15) is 0 Å². The molecule has 1 aliphatic rings. The zero-order chi connectivity index (χ0) is 14.0. The Bertz CT molecular complexity index is 426. The van der Waals surface area contributed by atoms with Crippen LogP contribution in [0.3, 0.4) is 0 Å². The minimum atomic E-state index is -0.474. The Hall–Kier alpha value is -0.820. The van der Waals surface area contributed by atoms with Crippen LogP contribution in [0.5, 0.6) is 0 Å². The van der Waals surface area contributed by atoms with Gasteiger partial charge in [-0.1, -0.05) is 43.9 Å². The Balaban J connectivity index is 2.29. The summed E-state index contributed by atoms with van der Waals surface area (Å²) in [5, 5.41) is 11.1. The van der Waals surface area contributed by atoms with E-state index in [2.05, 4.69) is 39.8 Å². The van der Waals surface area contributed by atoms with Gasteiger partial charge in [0.15, 0.2) is 0 Å². The molecule has 0 amide bonds. The zero-order valence-electron chi connectivity index (χ0n) is 12.9. The Morgan fingerprint density at radius 2 is 1.79 bits per heavy atom. The second-order valence-corrected chi connectivity index (χ2v) is 6.51. The molecule has 2 rings (SSSR count). The first-order valence-electron chi connectivity index (χ1n) is 7.75. The third-order valence-corrected chi connectivity index (χ3v) is 4.99. The Labute approximate surface area is 118 Å². The summed E-state index contributed by atoms with van der Waals surface area (Å²) in [6.45, 7) is 8.73. The van der Waals surface area contributed by atoms with E-state index in [0.29, 0.717) is 5.92 Å². The standard InChI is InChI=1S/C18H28O/c1-5-16-8-6-7-9-18(16,19)12-17-14(3)10-13(2)11-15(17)4/h10-11,16,19H,5-9,12H2,1-4H3. The summed E-state index contributed by atoms with van der Waals surface area (Å²) >= 11 is 0. The second kappa shape index (κ2) is 5.66. The number of hydrogen-bond donors (Lipinski definition) is 1. The Morgan fingerprint density at radius 3 is 2.37 bits per heavy atom. The summed E-state index contributed by atoms with van der Waals surface area (Å²) in [5.41, 5.74) is 4.89. The van der Waals surface area contributed by atoms with Crippen LogP contribution in [0.2, 0.25) is 0 Å². The predicted octanol–water partition coefficient (Wildman–Crippen LogP) is 4.49. The van der Waals surface area contributed by atoms with Crippen LogP contribution in [0.15, 0.2) is 12.1 Å². The molecule has 1 saturated carbocycles. The quantitative estimate of drug-likeness (QED) is 0.849. The minimum Gasteiger partial charge on any atom is -0.389 e. The molecule has 2 unspecified atom stereocenters. The van der Waals surface area contributed by atoms with E-state index >= 15 is 0 Å². The van der Waals surface area contributed by atoms with Crippen molar-refractivity contribution in [2.45, 2.75) is 71.8 Å². The van der Waals surface area contributed by atoms with Crippen LogP contribution in [0.25, 0.3) is 0 Å². The third kappa shape index (κ3) is 3.02. The molecular formula is C18H28O. The van der Waals surface area contributed by atoms with Gasteiger partial charge in [0.2, 0.25) is 0 Å². The van der Waals surface area contributed by atoms with E-state index in [9.17, 15) is 5.11 Å². The molecule has 1 nitrogen and oxygen atoms in total. The van der Waals surface area contributed by atoms with Crippen LogP contribution < -0.4 is 0 Å². The predicted molar refractivity (Wildman–Crippen MR) is 81.6 cm³/mol. The van der Waals surface area contributed by atoms with Crippen molar-refractivity contribution < 1.29 is 5.11 Å². The van der Waals surface area contributed by atoms with E-state index in [1.54, 1.807) is 0 Å². The lowest BCUT2D eigenvalue weighted by Crippen LogP contribution is -2.42. The summed E-state index contributed by atoms with van der Waals surface area (Å²) in [6.07, 6.45) is 6.56. The van der Waals surface area contributed by atoms with Crippen LogP contribution >= 0.6 is 0 Å². The minimum absolute atomic E-state index is 0.473. The summed E-state index contributed by atoms with van der Waals surface area (Å²) in [4.78, 5) is 0. The molecule has 0 radical (unpaired) electrons. The fourth-order valence-electron chi connectivity index (χ4n) is 3.91. The van der Waals surface area contributed by atoms with Gasteiger partial charge in [-0.15, -0.1) is 0 Å². The summed E-state index contributed by atoms with van der Waals surface area (Å²) in [6, 6.07) is 4.49. The van der Waals surface area contributed by atoms with E-state index < -0.39 is 5.60 Å². The smallest absolute Gasteiger partial charge is 0.0716 e. The molecule has 1 aliphatic carbocycles. The van der Waals surface area contributed by atoms with E-state index in [0.717, 1.165) is 19.3 Å². The molecule has 0 bridgehead atoms. The molecule has 0 saturated heterocycles. The molecule has 1 aromatic carbocycles. The monoisotopic (exact) mass is 260 g/mol. The third-order valence-electron chi connectivity index (χ3n) is 4.99. The highest BCUT2D eigenvalue weighted by Crippen LogP contribution is 2.39. The van der Waals surface area contributed by atoms with Crippen molar-refractivity contribution in [3.63, 3.8) is 0 Å². The molecule has 2 atom stereocenters. The van der Waals surface area contributed by atoms with Crippen LogP contribution in [0, 0.1) is 26.7 Å². The number of benzene rings is 1. The SMILES string of the molecule is CCC1CCCCC1(O)Cc1c(C)cc(C)cc1C. The maximum atomic E-state index is 11.1. The molecule has 1 fully saturated rings. The summed E-state index contributed by atoms with van der Waals surface area (Å²) < 4.78 is 0. The van der Waals surface area contributed by atoms with Gasteiger partial charge in [0.05, 0.1) is 5.60 Å². The van der Waals surface area contributed by atoms with Crippen LogP contribution in [0.4, 0.5) is 0 Å². The summed E-state index contributed by atoms with van der Waals surface area (Å²) in [5.74, 6) is 0.473.